The molecule has 1 aromatic rings. The van der Waals surface area contributed by atoms with E-state index in [4.69, 9.17) is 0 Å². The van der Waals surface area contributed by atoms with E-state index >= 15 is 0 Å². The van der Waals surface area contributed by atoms with Gasteiger partial charge < -0.3 is 5.32 Å². The smallest absolute Gasteiger partial charge is 0.144 e. The summed E-state index contributed by atoms with van der Waals surface area (Å²) >= 11 is 0. The summed E-state index contributed by atoms with van der Waals surface area (Å²) in [6, 6.07) is 0.658. The van der Waals surface area contributed by atoms with Gasteiger partial charge in [0.15, 0.2) is 0 Å². The summed E-state index contributed by atoms with van der Waals surface area (Å²) in [5.41, 5.74) is 1.04. The van der Waals surface area contributed by atoms with E-state index in [9.17, 15) is 0 Å². The second-order valence-corrected chi connectivity index (χ2v) is 4.64. The summed E-state index contributed by atoms with van der Waals surface area (Å²) in [6.45, 7) is 3.18. The Balaban J connectivity index is 1.91. The highest BCUT2D eigenvalue weighted by Gasteiger charge is 2.30. The predicted octanol–water partition coefficient (Wildman–Crippen LogP) is 1.75. The van der Waals surface area contributed by atoms with Gasteiger partial charge in [-0.1, -0.05) is 0 Å². The largest absolute Gasteiger partial charge is 0.372 e. The fourth-order valence-electron chi connectivity index (χ4n) is 1.90. The van der Waals surface area contributed by atoms with Crippen LogP contribution in [0, 0.1) is 5.92 Å². The molecule has 0 aromatic carbocycles. The molecule has 1 aliphatic rings. The van der Waals surface area contributed by atoms with Crippen LogP contribution in [0.15, 0.2) is 12.4 Å². The molecule has 0 amide bonds. The van der Waals surface area contributed by atoms with Crippen LogP contribution in [0.2, 0.25) is 0 Å². The molecule has 88 valence electrons. The molecule has 2 rings (SSSR count). The SMILES string of the molecule is CNc1cnc(CN(C)C(C)C2CC2)cn1. The zero-order valence-corrected chi connectivity index (χ0v) is 10.3. The third-order valence-corrected chi connectivity index (χ3v) is 3.37. The molecule has 16 heavy (non-hydrogen) atoms. The van der Waals surface area contributed by atoms with Crippen molar-refractivity contribution >= 4 is 5.82 Å². The van der Waals surface area contributed by atoms with Gasteiger partial charge in [0, 0.05) is 19.6 Å². The van der Waals surface area contributed by atoms with E-state index in [1.54, 1.807) is 6.20 Å². The van der Waals surface area contributed by atoms with Gasteiger partial charge in [-0.25, -0.2) is 4.98 Å². The van der Waals surface area contributed by atoms with Crippen molar-refractivity contribution in [2.24, 2.45) is 5.92 Å². The molecule has 1 aromatic heterocycles. The predicted molar refractivity (Wildman–Crippen MR) is 65.2 cm³/mol. The van der Waals surface area contributed by atoms with Crippen LogP contribution in [-0.2, 0) is 6.54 Å². The van der Waals surface area contributed by atoms with E-state index in [-0.39, 0.29) is 0 Å². The number of hydrogen-bond acceptors (Lipinski definition) is 4. The summed E-state index contributed by atoms with van der Waals surface area (Å²) in [5.74, 6) is 1.72. The third-order valence-electron chi connectivity index (χ3n) is 3.37. The van der Waals surface area contributed by atoms with E-state index in [1.807, 2.05) is 13.2 Å². The van der Waals surface area contributed by atoms with Crippen LogP contribution in [0.3, 0.4) is 0 Å². The third kappa shape index (κ3) is 2.70. The minimum atomic E-state index is 0.658. The first-order chi connectivity index (χ1) is 7.70. The van der Waals surface area contributed by atoms with Gasteiger partial charge in [-0.2, -0.15) is 0 Å². The van der Waals surface area contributed by atoms with Crippen LogP contribution in [0.5, 0.6) is 0 Å². The van der Waals surface area contributed by atoms with E-state index in [2.05, 4.69) is 34.2 Å². The molecule has 1 unspecified atom stereocenters. The first-order valence-corrected chi connectivity index (χ1v) is 5.89. The lowest BCUT2D eigenvalue weighted by atomic mass is 10.2. The molecule has 0 saturated heterocycles. The van der Waals surface area contributed by atoms with E-state index < -0.39 is 0 Å². The zero-order chi connectivity index (χ0) is 11.5. The lowest BCUT2D eigenvalue weighted by molar-refractivity contribution is 0.224. The lowest BCUT2D eigenvalue weighted by Gasteiger charge is -2.23. The molecule has 1 N–H and O–H groups in total. The molecule has 1 heterocycles. The van der Waals surface area contributed by atoms with Crippen molar-refractivity contribution in [1.29, 1.82) is 0 Å². The molecule has 0 spiro atoms. The van der Waals surface area contributed by atoms with Crippen molar-refractivity contribution in [2.45, 2.75) is 32.4 Å². The fourth-order valence-corrected chi connectivity index (χ4v) is 1.90. The first kappa shape index (κ1) is 11.3. The van der Waals surface area contributed by atoms with E-state index in [0.29, 0.717) is 6.04 Å². The van der Waals surface area contributed by atoms with Crippen LogP contribution >= 0.6 is 0 Å². The molecule has 4 nitrogen and oxygen atoms in total. The summed E-state index contributed by atoms with van der Waals surface area (Å²) in [5, 5.41) is 2.97. The van der Waals surface area contributed by atoms with Crippen LogP contribution < -0.4 is 5.32 Å². The maximum atomic E-state index is 4.38. The molecule has 4 heteroatoms. The molecule has 0 aliphatic heterocycles. The van der Waals surface area contributed by atoms with Gasteiger partial charge in [0.1, 0.15) is 5.82 Å². The van der Waals surface area contributed by atoms with Gasteiger partial charge >= 0.3 is 0 Å². The monoisotopic (exact) mass is 220 g/mol. The standard InChI is InChI=1S/C12H20N4/c1-9(10-4-5-10)16(3)8-11-6-15-12(13-2)7-14-11/h6-7,9-10H,4-5,8H2,1-3H3,(H,13,15). The lowest BCUT2D eigenvalue weighted by Crippen LogP contribution is -2.30. The summed E-state index contributed by atoms with van der Waals surface area (Å²) < 4.78 is 0. The van der Waals surface area contributed by atoms with Crippen molar-refractivity contribution in [3.63, 3.8) is 0 Å². The number of aromatic nitrogens is 2. The van der Waals surface area contributed by atoms with Crippen molar-refractivity contribution in [3.8, 4) is 0 Å². The Morgan fingerprint density at radius 3 is 2.69 bits per heavy atom. The highest BCUT2D eigenvalue weighted by atomic mass is 15.1. The zero-order valence-electron chi connectivity index (χ0n) is 10.3. The number of hydrogen-bond donors (Lipinski definition) is 1. The van der Waals surface area contributed by atoms with Gasteiger partial charge in [-0.05, 0) is 32.7 Å². The number of rotatable bonds is 5. The summed E-state index contributed by atoms with van der Waals surface area (Å²) in [7, 11) is 4.02. The van der Waals surface area contributed by atoms with Crippen LogP contribution in [0.4, 0.5) is 5.82 Å². The molecule has 1 aliphatic carbocycles. The van der Waals surface area contributed by atoms with Gasteiger partial charge in [-0.3, -0.25) is 9.88 Å². The summed E-state index contributed by atoms with van der Waals surface area (Å²) in [6.07, 6.45) is 6.40. The highest BCUT2D eigenvalue weighted by Crippen LogP contribution is 2.34. The van der Waals surface area contributed by atoms with Crippen molar-refractivity contribution in [2.75, 3.05) is 19.4 Å². The number of nitrogens with zero attached hydrogens (tertiary/aromatic N) is 3. The Morgan fingerprint density at radius 2 is 2.19 bits per heavy atom. The minimum Gasteiger partial charge on any atom is -0.372 e. The second kappa shape index (κ2) is 4.78. The van der Waals surface area contributed by atoms with E-state index in [0.717, 1.165) is 24.0 Å². The van der Waals surface area contributed by atoms with Gasteiger partial charge in [0.25, 0.3) is 0 Å². The van der Waals surface area contributed by atoms with Gasteiger partial charge in [-0.15, -0.1) is 0 Å². The normalized spacial score (nSPS) is 17.5. The molecule has 1 saturated carbocycles. The topological polar surface area (TPSA) is 41.1 Å². The fraction of sp³-hybridized carbons (Fsp3) is 0.667. The summed E-state index contributed by atoms with van der Waals surface area (Å²) in [4.78, 5) is 11.0. The maximum absolute atomic E-state index is 4.38. The Morgan fingerprint density at radius 1 is 1.44 bits per heavy atom. The average molecular weight is 220 g/mol. The van der Waals surface area contributed by atoms with Crippen LogP contribution in [0.1, 0.15) is 25.5 Å². The van der Waals surface area contributed by atoms with Crippen LogP contribution in [-0.4, -0.2) is 35.0 Å². The minimum absolute atomic E-state index is 0.658. The molecule has 1 atom stereocenters. The van der Waals surface area contributed by atoms with Crippen molar-refractivity contribution in [1.82, 2.24) is 14.9 Å². The molecular weight excluding hydrogens is 200 g/mol. The Bertz CT molecular complexity index is 331. The Kier molecular flexibility index (Phi) is 3.39. The molecule has 0 radical (unpaired) electrons. The number of nitrogens with one attached hydrogen (secondary N) is 1. The van der Waals surface area contributed by atoms with Crippen LogP contribution in [0.25, 0.3) is 0 Å². The van der Waals surface area contributed by atoms with Gasteiger partial charge in [0.2, 0.25) is 0 Å². The molecule has 1 fully saturated rings. The highest BCUT2D eigenvalue weighted by molar-refractivity contribution is 5.29. The quantitative estimate of drug-likeness (QED) is 0.820. The number of anilines is 1. The average Bonchev–Trinajstić information content (AvgIpc) is 3.13. The first-order valence-electron chi connectivity index (χ1n) is 5.89. The second-order valence-electron chi connectivity index (χ2n) is 4.64. The Hall–Kier alpha value is -1.16. The van der Waals surface area contributed by atoms with E-state index in [1.165, 1.54) is 12.8 Å². The molecular formula is C12H20N4. The maximum Gasteiger partial charge on any atom is 0.144 e. The van der Waals surface area contributed by atoms with Gasteiger partial charge in [0.05, 0.1) is 18.1 Å². The van der Waals surface area contributed by atoms with Crippen molar-refractivity contribution in [3.05, 3.63) is 18.1 Å². The Labute approximate surface area is 97.1 Å². The van der Waals surface area contributed by atoms with Crippen molar-refractivity contribution < 1.29 is 0 Å². The molecule has 0 bridgehead atoms.